The molecule has 0 unspecified atom stereocenters. The second-order valence-corrected chi connectivity index (χ2v) is 5.51. The van der Waals surface area contributed by atoms with E-state index in [1.54, 1.807) is 0 Å². The minimum atomic E-state index is -4.47. The predicted octanol–water partition coefficient (Wildman–Crippen LogP) is 1.66. The van der Waals surface area contributed by atoms with E-state index in [2.05, 4.69) is 10.2 Å². The van der Waals surface area contributed by atoms with E-state index in [9.17, 15) is 18.3 Å². The normalized spacial score (nSPS) is 21.8. The number of nitrogens with zero attached hydrogens (tertiary/aromatic N) is 1. The lowest BCUT2D eigenvalue weighted by Gasteiger charge is -2.30. The Kier molecular flexibility index (Phi) is 5.80. The van der Waals surface area contributed by atoms with Gasteiger partial charge in [0.1, 0.15) is 0 Å². The number of ether oxygens (including phenoxy) is 1. The molecule has 0 bridgehead atoms. The predicted molar refractivity (Wildman–Crippen MR) is 76.5 cm³/mol. The third-order valence-corrected chi connectivity index (χ3v) is 3.68. The van der Waals surface area contributed by atoms with Gasteiger partial charge in [-0.15, -0.1) is 0 Å². The molecular weight excluding hydrogens is 297 g/mol. The fourth-order valence-corrected chi connectivity index (χ4v) is 2.53. The maximum Gasteiger partial charge on any atom is 0.416 e. The topological polar surface area (TPSA) is 44.7 Å². The average Bonchev–Trinajstić information content (AvgIpc) is 2.46. The van der Waals surface area contributed by atoms with Crippen molar-refractivity contribution in [2.24, 2.45) is 0 Å². The first-order valence-electron chi connectivity index (χ1n) is 7.23. The van der Waals surface area contributed by atoms with Crippen molar-refractivity contribution in [1.29, 1.82) is 0 Å². The smallest absolute Gasteiger partial charge is 0.387 e. The first kappa shape index (κ1) is 17.2. The van der Waals surface area contributed by atoms with Crippen molar-refractivity contribution in [3.63, 3.8) is 0 Å². The van der Waals surface area contributed by atoms with Crippen LogP contribution in [0.3, 0.4) is 0 Å². The largest absolute Gasteiger partial charge is 0.416 e. The van der Waals surface area contributed by atoms with Gasteiger partial charge in [0.15, 0.2) is 0 Å². The van der Waals surface area contributed by atoms with Gasteiger partial charge in [-0.2, -0.15) is 13.2 Å². The molecule has 0 amide bonds. The summed E-state index contributed by atoms with van der Waals surface area (Å²) in [6.07, 6.45) is -5.68. The van der Waals surface area contributed by atoms with Crippen LogP contribution >= 0.6 is 0 Å². The summed E-state index contributed by atoms with van der Waals surface area (Å²) in [5.41, 5.74) is -0.901. The Balaban J connectivity index is 1.89. The quantitative estimate of drug-likeness (QED) is 0.867. The van der Waals surface area contributed by atoms with Crippen LogP contribution in [0.4, 0.5) is 13.2 Å². The summed E-state index contributed by atoms with van der Waals surface area (Å²) < 4.78 is 44.3. The molecule has 0 aromatic heterocycles. The zero-order chi connectivity index (χ0) is 16.2. The number of hydrogen-bond donors (Lipinski definition) is 2. The van der Waals surface area contributed by atoms with Gasteiger partial charge in [-0.05, 0) is 18.7 Å². The lowest BCUT2D eigenvalue weighted by atomic mass is 10.0. The molecule has 1 heterocycles. The Morgan fingerprint density at radius 2 is 2.14 bits per heavy atom. The molecule has 0 saturated carbocycles. The molecular formula is C15H21F3N2O2. The molecule has 1 aromatic carbocycles. The number of aliphatic hydroxyl groups is 1. The average molecular weight is 318 g/mol. The van der Waals surface area contributed by atoms with Crippen LogP contribution in [0.1, 0.15) is 17.2 Å². The van der Waals surface area contributed by atoms with Crippen LogP contribution in [0, 0.1) is 0 Å². The van der Waals surface area contributed by atoms with Crippen molar-refractivity contribution in [2.45, 2.75) is 18.4 Å². The van der Waals surface area contributed by atoms with Crippen LogP contribution in [0.25, 0.3) is 0 Å². The summed E-state index contributed by atoms with van der Waals surface area (Å²) in [6.45, 7) is 2.83. The van der Waals surface area contributed by atoms with Crippen LogP contribution in [0.2, 0.25) is 0 Å². The number of morpholine rings is 1. The first-order valence-corrected chi connectivity index (χ1v) is 7.23. The van der Waals surface area contributed by atoms with Crippen LogP contribution < -0.4 is 5.32 Å². The van der Waals surface area contributed by atoms with E-state index in [1.165, 1.54) is 18.2 Å². The Morgan fingerprint density at radius 1 is 1.41 bits per heavy atom. The Labute approximate surface area is 127 Å². The molecule has 2 atom stereocenters. The molecule has 0 radical (unpaired) electrons. The summed E-state index contributed by atoms with van der Waals surface area (Å²) in [5, 5.41) is 13.0. The standard InChI is InChI=1S/C15H21F3N2O2/c1-20-6-7-22-11(10-20)8-19-9-14(21)12-4-2-3-5-13(12)15(16,17)18/h2-5,11,14,19,21H,6-10H2,1H3/t11-,14-/m0/s1. The first-order chi connectivity index (χ1) is 10.4. The van der Waals surface area contributed by atoms with Crippen molar-refractivity contribution in [3.05, 3.63) is 35.4 Å². The van der Waals surface area contributed by atoms with Gasteiger partial charge >= 0.3 is 6.18 Å². The van der Waals surface area contributed by atoms with Crippen molar-refractivity contribution >= 4 is 0 Å². The van der Waals surface area contributed by atoms with Crippen molar-refractivity contribution in [2.75, 3.05) is 39.8 Å². The molecule has 124 valence electrons. The maximum atomic E-state index is 12.9. The fraction of sp³-hybridized carbons (Fsp3) is 0.600. The highest BCUT2D eigenvalue weighted by atomic mass is 19.4. The number of hydrogen-bond acceptors (Lipinski definition) is 4. The van der Waals surface area contributed by atoms with Crippen LogP contribution in [0.15, 0.2) is 24.3 Å². The zero-order valence-corrected chi connectivity index (χ0v) is 12.4. The van der Waals surface area contributed by atoms with Crippen molar-refractivity contribution in [1.82, 2.24) is 10.2 Å². The minimum Gasteiger partial charge on any atom is -0.387 e. The van der Waals surface area contributed by atoms with Crippen molar-refractivity contribution < 1.29 is 23.0 Å². The molecule has 2 N–H and O–H groups in total. The number of rotatable bonds is 5. The van der Waals surface area contributed by atoms with Crippen LogP contribution in [-0.2, 0) is 10.9 Å². The molecule has 0 aliphatic carbocycles. The molecule has 1 saturated heterocycles. The number of halogens is 3. The molecule has 4 nitrogen and oxygen atoms in total. The number of likely N-dealkylation sites (N-methyl/N-ethyl adjacent to an activating group) is 1. The Bertz CT molecular complexity index is 482. The SMILES string of the molecule is CN1CCO[C@@H](CNC[C@H](O)c2ccccc2C(F)(F)F)C1. The molecule has 1 aromatic rings. The summed E-state index contributed by atoms with van der Waals surface area (Å²) in [7, 11) is 1.99. The summed E-state index contributed by atoms with van der Waals surface area (Å²) >= 11 is 0. The summed E-state index contributed by atoms with van der Waals surface area (Å²) in [6, 6.07) is 5.10. The van der Waals surface area contributed by atoms with Crippen molar-refractivity contribution in [3.8, 4) is 0 Å². The van der Waals surface area contributed by atoms with Gasteiger partial charge in [-0.25, -0.2) is 0 Å². The van der Waals surface area contributed by atoms with E-state index in [1.807, 2.05) is 7.05 Å². The zero-order valence-electron chi connectivity index (χ0n) is 12.4. The minimum absolute atomic E-state index is 0.0104. The van der Waals surface area contributed by atoms with Gasteiger partial charge in [0.05, 0.1) is 24.4 Å². The van der Waals surface area contributed by atoms with Gasteiger partial charge in [-0.3, -0.25) is 0 Å². The van der Waals surface area contributed by atoms with Gasteiger partial charge in [-0.1, -0.05) is 18.2 Å². The highest BCUT2D eigenvalue weighted by Crippen LogP contribution is 2.34. The number of nitrogens with one attached hydrogen (secondary N) is 1. The summed E-state index contributed by atoms with van der Waals surface area (Å²) in [5.74, 6) is 0. The van der Waals surface area contributed by atoms with E-state index >= 15 is 0 Å². The van der Waals surface area contributed by atoms with E-state index < -0.39 is 17.8 Å². The molecule has 1 aliphatic rings. The lowest BCUT2D eigenvalue weighted by molar-refractivity contribution is -0.139. The highest BCUT2D eigenvalue weighted by Gasteiger charge is 2.34. The van der Waals surface area contributed by atoms with Crippen LogP contribution in [0.5, 0.6) is 0 Å². The maximum absolute atomic E-state index is 12.9. The second kappa shape index (κ2) is 7.41. The lowest BCUT2D eigenvalue weighted by Crippen LogP contribution is -2.45. The molecule has 1 fully saturated rings. The van der Waals surface area contributed by atoms with Gasteiger partial charge in [0.25, 0.3) is 0 Å². The van der Waals surface area contributed by atoms with E-state index in [0.29, 0.717) is 13.2 Å². The number of benzene rings is 1. The second-order valence-electron chi connectivity index (χ2n) is 5.51. The van der Waals surface area contributed by atoms with E-state index in [0.717, 1.165) is 19.2 Å². The molecule has 2 rings (SSSR count). The number of alkyl halides is 3. The summed E-state index contributed by atoms with van der Waals surface area (Å²) in [4.78, 5) is 2.13. The number of aliphatic hydroxyl groups excluding tert-OH is 1. The monoisotopic (exact) mass is 318 g/mol. The molecule has 0 spiro atoms. The highest BCUT2D eigenvalue weighted by molar-refractivity contribution is 5.31. The third-order valence-electron chi connectivity index (χ3n) is 3.68. The van der Waals surface area contributed by atoms with Gasteiger partial charge in [0.2, 0.25) is 0 Å². The fourth-order valence-electron chi connectivity index (χ4n) is 2.53. The van der Waals surface area contributed by atoms with E-state index in [4.69, 9.17) is 4.74 Å². The van der Waals surface area contributed by atoms with E-state index in [-0.39, 0.29) is 18.2 Å². The third kappa shape index (κ3) is 4.67. The van der Waals surface area contributed by atoms with Gasteiger partial charge < -0.3 is 20.1 Å². The Hall–Kier alpha value is -1.15. The van der Waals surface area contributed by atoms with Gasteiger partial charge in [0, 0.05) is 26.2 Å². The van der Waals surface area contributed by atoms with Crippen LogP contribution in [-0.4, -0.2) is 55.9 Å². The Morgan fingerprint density at radius 3 is 2.82 bits per heavy atom. The molecule has 22 heavy (non-hydrogen) atoms. The molecule has 1 aliphatic heterocycles. The molecule has 7 heteroatoms.